The molecule has 0 saturated heterocycles. The smallest absolute Gasteiger partial charge is 0.328 e. The van der Waals surface area contributed by atoms with Crippen LogP contribution in [0.1, 0.15) is 0 Å². The number of amides is 1. The maximum atomic E-state index is 9.99. The number of carbonyl (C=O) groups excluding carboxylic acids is 1. The van der Waals surface area contributed by atoms with Crippen molar-refractivity contribution < 1.29 is 24.6 Å². The van der Waals surface area contributed by atoms with Gasteiger partial charge in [-0.25, -0.2) is 9.59 Å². The molecule has 7 nitrogen and oxygen atoms in total. The lowest BCUT2D eigenvalue weighted by Crippen LogP contribution is -2.27. The van der Waals surface area contributed by atoms with Gasteiger partial charge in [0.15, 0.2) is 0 Å². The summed E-state index contributed by atoms with van der Waals surface area (Å²) in [5, 5.41) is 15.6. The van der Waals surface area contributed by atoms with Gasteiger partial charge < -0.3 is 20.8 Å². The van der Waals surface area contributed by atoms with E-state index in [9.17, 15) is 14.4 Å². The molecule has 0 saturated carbocycles. The van der Waals surface area contributed by atoms with Gasteiger partial charge in [0.1, 0.15) is 0 Å². The van der Waals surface area contributed by atoms with Crippen LogP contribution in [0.15, 0.2) is 12.2 Å². The highest BCUT2D eigenvalue weighted by Gasteiger charge is 1.92. The Morgan fingerprint density at radius 1 is 1.13 bits per heavy atom. The molecule has 0 fully saturated rings. The van der Waals surface area contributed by atoms with E-state index in [2.05, 4.69) is 0 Å². The molecule has 15 heavy (non-hydrogen) atoms. The van der Waals surface area contributed by atoms with Gasteiger partial charge in [-0.15, -0.1) is 0 Å². The van der Waals surface area contributed by atoms with E-state index in [1.54, 1.807) is 19.0 Å². The van der Waals surface area contributed by atoms with E-state index in [0.29, 0.717) is 18.7 Å². The molecule has 0 atom stereocenters. The third-order valence-electron chi connectivity index (χ3n) is 0.841. The Bertz CT molecular complexity index is 244. The molecule has 7 heteroatoms. The van der Waals surface area contributed by atoms with Crippen LogP contribution in [0.2, 0.25) is 0 Å². The van der Waals surface area contributed by atoms with Crippen molar-refractivity contribution in [1.29, 1.82) is 0 Å². The first-order chi connectivity index (χ1) is 6.75. The van der Waals surface area contributed by atoms with Crippen molar-refractivity contribution in [2.45, 2.75) is 0 Å². The molecule has 0 aliphatic rings. The van der Waals surface area contributed by atoms with Gasteiger partial charge in [0.2, 0.25) is 5.91 Å². The molecule has 0 spiro atoms. The van der Waals surface area contributed by atoms with Gasteiger partial charge in [0, 0.05) is 12.2 Å². The minimum atomic E-state index is -1.26. The predicted octanol–water partition coefficient (Wildman–Crippen LogP) is -1.25. The quantitative estimate of drug-likeness (QED) is 0.507. The summed E-state index contributed by atoms with van der Waals surface area (Å²) < 4.78 is 0. The Morgan fingerprint density at radius 2 is 1.47 bits per heavy atom. The highest BCUT2D eigenvalue weighted by Crippen LogP contribution is 1.70. The molecular formula is C8H14N2O5. The molecule has 0 radical (unpaired) electrons. The van der Waals surface area contributed by atoms with Crippen LogP contribution >= 0.6 is 0 Å². The van der Waals surface area contributed by atoms with Crippen LogP contribution in [-0.2, 0) is 14.4 Å². The number of carboxylic acid groups (broad SMARTS) is 2. The minimum absolute atomic E-state index is 0.287. The molecule has 0 rings (SSSR count). The molecule has 0 aliphatic carbocycles. The van der Waals surface area contributed by atoms with Crippen molar-refractivity contribution in [3.63, 3.8) is 0 Å². The van der Waals surface area contributed by atoms with Crippen molar-refractivity contribution in [3.05, 3.63) is 12.2 Å². The van der Waals surface area contributed by atoms with Crippen LogP contribution in [-0.4, -0.2) is 53.6 Å². The summed E-state index contributed by atoms with van der Waals surface area (Å²) in [6, 6.07) is 0. The van der Waals surface area contributed by atoms with Crippen LogP contribution in [0.25, 0.3) is 0 Å². The zero-order valence-electron chi connectivity index (χ0n) is 8.51. The summed E-state index contributed by atoms with van der Waals surface area (Å²) >= 11 is 0. The number of aliphatic carboxylic acids is 2. The number of likely N-dealkylation sites (N-methyl/N-ethyl adjacent to an activating group) is 1. The van der Waals surface area contributed by atoms with Gasteiger partial charge in [-0.3, -0.25) is 4.79 Å². The van der Waals surface area contributed by atoms with E-state index < -0.39 is 11.9 Å². The summed E-state index contributed by atoms with van der Waals surface area (Å²) in [6.45, 7) is 0.333. The van der Waals surface area contributed by atoms with E-state index >= 15 is 0 Å². The first-order valence-corrected chi connectivity index (χ1v) is 3.82. The average molecular weight is 218 g/mol. The average Bonchev–Trinajstić information content (AvgIpc) is 1.99. The third kappa shape index (κ3) is 24.5. The summed E-state index contributed by atoms with van der Waals surface area (Å²) in [5.74, 6) is -2.80. The Balaban J connectivity index is 0. The van der Waals surface area contributed by atoms with Crippen molar-refractivity contribution in [3.8, 4) is 0 Å². The van der Waals surface area contributed by atoms with Crippen LogP contribution in [0.3, 0.4) is 0 Å². The summed E-state index contributed by atoms with van der Waals surface area (Å²) in [5.41, 5.74) is 4.81. The van der Waals surface area contributed by atoms with Crippen LogP contribution in [0.4, 0.5) is 0 Å². The standard InChI is InChI=1S/C4H10N2O.C4H4O4/c1-6(2)3-4(5)7;5-3(6)1-2-4(7)8/h3H2,1-2H3,(H2,5,7);1-2H,(H,5,6)(H,7,8)/b;2-1-. The van der Waals surface area contributed by atoms with Gasteiger partial charge >= 0.3 is 11.9 Å². The number of rotatable bonds is 4. The highest BCUT2D eigenvalue weighted by molar-refractivity contribution is 5.89. The topological polar surface area (TPSA) is 121 Å². The monoisotopic (exact) mass is 218 g/mol. The third-order valence-corrected chi connectivity index (χ3v) is 0.841. The second kappa shape index (κ2) is 8.70. The van der Waals surface area contributed by atoms with Crippen molar-refractivity contribution >= 4 is 17.8 Å². The van der Waals surface area contributed by atoms with Crippen LogP contribution in [0, 0.1) is 0 Å². The summed E-state index contributed by atoms with van der Waals surface area (Å²) in [4.78, 5) is 30.8. The first-order valence-electron chi connectivity index (χ1n) is 3.82. The van der Waals surface area contributed by atoms with Gasteiger partial charge in [-0.05, 0) is 14.1 Å². The van der Waals surface area contributed by atoms with E-state index in [1.807, 2.05) is 0 Å². The van der Waals surface area contributed by atoms with Crippen molar-refractivity contribution in [2.75, 3.05) is 20.6 Å². The van der Waals surface area contributed by atoms with Gasteiger partial charge in [-0.2, -0.15) is 0 Å². The Kier molecular flexibility index (Phi) is 9.03. The number of hydrogen-bond acceptors (Lipinski definition) is 4. The Labute approximate surface area is 86.8 Å². The van der Waals surface area contributed by atoms with Gasteiger partial charge in [0.25, 0.3) is 0 Å². The van der Waals surface area contributed by atoms with E-state index in [-0.39, 0.29) is 5.91 Å². The molecule has 0 aromatic heterocycles. The fraction of sp³-hybridized carbons (Fsp3) is 0.375. The molecule has 0 bridgehead atoms. The largest absolute Gasteiger partial charge is 0.478 e. The lowest BCUT2D eigenvalue weighted by Gasteiger charge is -2.02. The number of primary amides is 1. The van der Waals surface area contributed by atoms with Crippen LogP contribution < -0.4 is 5.73 Å². The molecule has 0 aromatic rings. The second-order valence-corrected chi connectivity index (χ2v) is 2.71. The van der Waals surface area contributed by atoms with E-state index in [0.717, 1.165) is 0 Å². The lowest BCUT2D eigenvalue weighted by atomic mass is 10.5. The zero-order valence-corrected chi connectivity index (χ0v) is 8.51. The summed E-state index contributed by atoms with van der Waals surface area (Å²) in [6.07, 6.45) is 1.12. The zero-order chi connectivity index (χ0) is 12.4. The molecule has 4 N–H and O–H groups in total. The molecule has 1 amide bonds. The fourth-order valence-electron chi connectivity index (χ4n) is 0.454. The Morgan fingerprint density at radius 3 is 1.53 bits per heavy atom. The number of nitrogens with zero attached hydrogens (tertiary/aromatic N) is 1. The predicted molar refractivity (Wildman–Crippen MR) is 52.2 cm³/mol. The molecule has 86 valence electrons. The number of hydrogen-bond donors (Lipinski definition) is 3. The van der Waals surface area contributed by atoms with Crippen molar-refractivity contribution in [1.82, 2.24) is 4.90 Å². The number of carboxylic acids is 2. The lowest BCUT2D eigenvalue weighted by molar-refractivity contribution is -0.134. The fourth-order valence-corrected chi connectivity index (χ4v) is 0.454. The molecule has 0 unspecified atom stereocenters. The SMILES string of the molecule is CN(C)CC(N)=O.O=C(O)/C=C\C(=O)O. The van der Waals surface area contributed by atoms with Gasteiger partial charge in [-0.1, -0.05) is 0 Å². The molecule has 0 heterocycles. The number of nitrogens with two attached hydrogens (primary N) is 1. The van der Waals surface area contributed by atoms with Gasteiger partial charge in [0.05, 0.1) is 6.54 Å². The summed E-state index contributed by atoms with van der Waals surface area (Å²) in [7, 11) is 3.59. The normalized spacial score (nSPS) is 9.53. The maximum absolute atomic E-state index is 9.99. The van der Waals surface area contributed by atoms with Crippen LogP contribution in [0.5, 0.6) is 0 Å². The second-order valence-electron chi connectivity index (χ2n) is 2.71. The first kappa shape index (κ1) is 15.6. The molecular weight excluding hydrogens is 204 g/mol. The van der Waals surface area contributed by atoms with E-state index in [1.165, 1.54) is 0 Å². The molecule has 0 aromatic carbocycles. The maximum Gasteiger partial charge on any atom is 0.328 e. The number of carbonyl (C=O) groups is 3. The Hall–Kier alpha value is -1.89. The van der Waals surface area contributed by atoms with Crippen molar-refractivity contribution in [2.24, 2.45) is 5.73 Å². The molecule has 0 aliphatic heterocycles. The minimum Gasteiger partial charge on any atom is -0.478 e. The highest BCUT2D eigenvalue weighted by atomic mass is 16.4. The van der Waals surface area contributed by atoms with E-state index in [4.69, 9.17) is 15.9 Å².